The van der Waals surface area contributed by atoms with Gasteiger partial charge < -0.3 is 20.5 Å². The summed E-state index contributed by atoms with van der Waals surface area (Å²) in [5.74, 6) is -1.54. The number of benzene rings is 3. The average molecular weight is 444 g/mol. The fourth-order valence-electron chi connectivity index (χ4n) is 4.11. The molecule has 2 amide bonds. The second-order valence-corrected chi connectivity index (χ2v) is 8.02. The van der Waals surface area contributed by atoms with Crippen molar-refractivity contribution in [3.05, 3.63) is 89.0 Å². The molecule has 1 aliphatic carbocycles. The van der Waals surface area contributed by atoms with Crippen molar-refractivity contribution in [1.82, 2.24) is 5.32 Å². The first-order chi connectivity index (χ1) is 15.8. The van der Waals surface area contributed by atoms with Gasteiger partial charge >= 0.3 is 12.1 Å². The molecule has 0 aliphatic heterocycles. The molecule has 0 saturated carbocycles. The van der Waals surface area contributed by atoms with Crippen LogP contribution in [0.15, 0.2) is 66.7 Å². The highest BCUT2D eigenvalue weighted by molar-refractivity contribution is 5.97. The van der Waals surface area contributed by atoms with Gasteiger partial charge in [-0.25, -0.2) is 9.59 Å². The number of aromatic carboxylic acids is 1. The van der Waals surface area contributed by atoms with Gasteiger partial charge in [0.05, 0.1) is 5.56 Å². The lowest BCUT2D eigenvalue weighted by Crippen LogP contribution is -2.42. The standard InChI is InChI=1S/C26H24N2O5/c1-15-13-17(11-12-18(15)25(30)31)28-24(29)16(2)27-26(32)33-14-23-21-9-5-3-7-19(21)20-8-4-6-10-22(20)23/h3-13,16,23H,14H2,1-2H3,(H,27,32)(H,28,29)(H,30,31)/t16-/m0/s1. The van der Waals surface area contributed by atoms with E-state index in [4.69, 9.17) is 9.84 Å². The number of carbonyl (C=O) groups excluding carboxylic acids is 2. The number of carboxylic acid groups (broad SMARTS) is 1. The maximum Gasteiger partial charge on any atom is 0.407 e. The largest absolute Gasteiger partial charge is 0.478 e. The van der Waals surface area contributed by atoms with Crippen LogP contribution in [0.2, 0.25) is 0 Å². The molecular formula is C26H24N2O5. The Kier molecular flexibility index (Phi) is 6.13. The Balaban J connectivity index is 1.35. The summed E-state index contributed by atoms with van der Waals surface area (Å²) in [4.78, 5) is 36.0. The van der Waals surface area contributed by atoms with Gasteiger partial charge in [0.2, 0.25) is 5.91 Å². The second-order valence-electron chi connectivity index (χ2n) is 8.02. The zero-order valence-corrected chi connectivity index (χ0v) is 18.3. The minimum Gasteiger partial charge on any atom is -0.478 e. The van der Waals surface area contributed by atoms with Gasteiger partial charge in [0.1, 0.15) is 12.6 Å². The summed E-state index contributed by atoms with van der Waals surface area (Å²) in [5, 5.41) is 14.3. The second kappa shape index (κ2) is 9.16. The van der Waals surface area contributed by atoms with Crippen molar-refractivity contribution in [2.45, 2.75) is 25.8 Å². The molecule has 0 fully saturated rings. The molecule has 3 aromatic carbocycles. The lowest BCUT2D eigenvalue weighted by atomic mass is 9.98. The van der Waals surface area contributed by atoms with Crippen LogP contribution >= 0.6 is 0 Å². The third-order valence-corrected chi connectivity index (χ3v) is 5.80. The van der Waals surface area contributed by atoms with E-state index in [-0.39, 0.29) is 18.1 Å². The predicted octanol–water partition coefficient (Wildman–Crippen LogP) is 4.56. The highest BCUT2D eigenvalue weighted by Crippen LogP contribution is 2.44. The van der Waals surface area contributed by atoms with Crippen molar-refractivity contribution in [2.24, 2.45) is 0 Å². The lowest BCUT2D eigenvalue weighted by Gasteiger charge is -2.17. The van der Waals surface area contributed by atoms with E-state index in [0.29, 0.717) is 11.3 Å². The molecule has 33 heavy (non-hydrogen) atoms. The van der Waals surface area contributed by atoms with Crippen LogP contribution in [-0.2, 0) is 9.53 Å². The number of hydrogen-bond donors (Lipinski definition) is 3. The van der Waals surface area contributed by atoms with Crippen LogP contribution in [0.4, 0.5) is 10.5 Å². The van der Waals surface area contributed by atoms with E-state index in [1.54, 1.807) is 19.9 Å². The van der Waals surface area contributed by atoms with Gasteiger partial charge in [-0.05, 0) is 59.9 Å². The molecule has 0 radical (unpaired) electrons. The Labute approximate surface area is 191 Å². The summed E-state index contributed by atoms with van der Waals surface area (Å²) in [6.07, 6.45) is -0.683. The normalized spacial score (nSPS) is 12.9. The zero-order valence-electron chi connectivity index (χ0n) is 18.3. The molecule has 1 aliphatic rings. The Hall–Kier alpha value is -4.13. The summed E-state index contributed by atoms with van der Waals surface area (Å²) in [6.45, 7) is 3.36. The van der Waals surface area contributed by atoms with E-state index in [1.165, 1.54) is 12.1 Å². The molecular weight excluding hydrogens is 420 g/mol. The number of nitrogens with one attached hydrogen (secondary N) is 2. The maximum atomic E-state index is 12.5. The van der Waals surface area contributed by atoms with Gasteiger partial charge in [-0.1, -0.05) is 48.5 Å². The highest BCUT2D eigenvalue weighted by atomic mass is 16.5. The van der Waals surface area contributed by atoms with Crippen LogP contribution < -0.4 is 10.6 Å². The minimum atomic E-state index is -1.03. The van der Waals surface area contributed by atoms with Crippen LogP contribution in [0, 0.1) is 6.92 Å². The summed E-state index contributed by atoms with van der Waals surface area (Å²) in [7, 11) is 0. The number of anilines is 1. The summed E-state index contributed by atoms with van der Waals surface area (Å²) >= 11 is 0. The number of alkyl carbamates (subject to hydrolysis) is 1. The maximum absolute atomic E-state index is 12.5. The first-order valence-electron chi connectivity index (χ1n) is 10.6. The van der Waals surface area contributed by atoms with Gasteiger partial charge in [-0.3, -0.25) is 4.79 Å². The average Bonchev–Trinajstić information content (AvgIpc) is 3.11. The molecule has 3 N–H and O–H groups in total. The van der Waals surface area contributed by atoms with Crippen molar-refractivity contribution in [1.29, 1.82) is 0 Å². The molecule has 0 bridgehead atoms. The van der Waals surface area contributed by atoms with Gasteiger partial charge in [-0.15, -0.1) is 0 Å². The lowest BCUT2D eigenvalue weighted by molar-refractivity contribution is -0.117. The smallest absolute Gasteiger partial charge is 0.407 e. The van der Waals surface area contributed by atoms with Crippen LogP contribution in [0.1, 0.15) is 39.9 Å². The third-order valence-electron chi connectivity index (χ3n) is 5.80. The minimum absolute atomic E-state index is 0.0667. The van der Waals surface area contributed by atoms with E-state index < -0.39 is 24.0 Å². The zero-order chi connectivity index (χ0) is 23.5. The Morgan fingerprint density at radius 3 is 2.15 bits per heavy atom. The van der Waals surface area contributed by atoms with Crippen molar-refractivity contribution in [2.75, 3.05) is 11.9 Å². The number of amides is 2. The Morgan fingerprint density at radius 2 is 1.58 bits per heavy atom. The van der Waals surface area contributed by atoms with Crippen LogP contribution in [0.3, 0.4) is 0 Å². The van der Waals surface area contributed by atoms with Crippen molar-refractivity contribution >= 4 is 23.7 Å². The first-order valence-corrected chi connectivity index (χ1v) is 10.6. The third kappa shape index (κ3) is 4.57. The van der Waals surface area contributed by atoms with E-state index in [9.17, 15) is 14.4 Å². The molecule has 0 heterocycles. The highest BCUT2D eigenvalue weighted by Gasteiger charge is 2.29. The molecule has 0 saturated heterocycles. The monoisotopic (exact) mass is 444 g/mol. The molecule has 7 nitrogen and oxygen atoms in total. The van der Waals surface area contributed by atoms with Gasteiger partial charge in [0.25, 0.3) is 0 Å². The molecule has 7 heteroatoms. The summed E-state index contributed by atoms with van der Waals surface area (Å²) in [6, 6.07) is 19.8. The van der Waals surface area contributed by atoms with Crippen LogP contribution in [0.5, 0.6) is 0 Å². The molecule has 1 atom stereocenters. The summed E-state index contributed by atoms with van der Waals surface area (Å²) in [5.41, 5.74) is 5.63. The Bertz CT molecular complexity index is 1190. The number of carbonyl (C=O) groups is 3. The quantitative estimate of drug-likeness (QED) is 0.517. The number of aryl methyl sites for hydroxylation is 1. The number of fused-ring (bicyclic) bond motifs is 3. The van der Waals surface area contributed by atoms with Crippen LogP contribution in [-0.4, -0.2) is 35.7 Å². The van der Waals surface area contributed by atoms with E-state index in [2.05, 4.69) is 22.8 Å². The van der Waals surface area contributed by atoms with E-state index in [0.717, 1.165) is 22.3 Å². The first kappa shape index (κ1) is 22.1. The van der Waals surface area contributed by atoms with Gasteiger partial charge in [0, 0.05) is 11.6 Å². The number of rotatable bonds is 6. The molecule has 4 rings (SSSR count). The molecule has 168 valence electrons. The molecule has 0 unspecified atom stereocenters. The fraction of sp³-hybridized carbons (Fsp3) is 0.192. The number of carboxylic acids is 1. The summed E-state index contributed by atoms with van der Waals surface area (Å²) < 4.78 is 5.48. The van der Waals surface area contributed by atoms with Crippen LogP contribution in [0.25, 0.3) is 11.1 Å². The predicted molar refractivity (Wildman–Crippen MR) is 124 cm³/mol. The molecule has 0 spiro atoms. The van der Waals surface area contributed by atoms with Crippen molar-refractivity contribution < 1.29 is 24.2 Å². The topological polar surface area (TPSA) is 105 Å². The van der Waals surface area contributed by atoms with Gasteiger partial charge in [0.15, 0.2) is 0 Å². The SMILES string of the molecule is Cc1cc(NC(=O)[C@H](C)NC(=O)OCC2c3ccccc3-c3ccccc32)ccc1C(=O)O. The van der Waals surface area contributed by atoms with E-state index >= 15 is 0 Å². The molecule has 0 aromatic heterocycles. The van der Waals surface area contributed by atoms with Gasteiger partial charge in [-0.2, -0.15) is 0 Å². The van der Waals surface area contributed by atoms with Crippen molar-refractivity contribution in [3.8, 4) is 11.1 Å². The Morgan fingerprint density at radius 1 is 0.970 bits per heavy atom. The number of hydrogen-bond acceptors (Lipinski definition) is 4. The van der Waals surface area contributed by atoms with Crippen molar-refractivity contribution in [3.63, 3.8) is 0 Å². The van der Waals surface area contributed by atoms with E-state index in [1.807, 2.05) is 36.4 Å². The molecule has 3 aromatic rings. The number of ether oxygens (including phenoxy) is 1. The fourth-order valence-corrected chi connectivity index (χ4v) is 4.11.